The lowest BCUT2D eigenvalue weighted by Gasteiger charge is -2.28. The number of carbonyl (C=O) groups is 4. The zero-order valence-corrected chi connectivity index (χ0v) is 18.4. The monoisotopic (exact) mass is 428 g/mol. The molecule has 1 heterocycles. The summed E-state index contributed by atoms with van der Waals surface area (Å²) in [4.78, 5) is 49.3. The van der Waals surface area contributed by atoms with Gasteiger partial charge in [0, 0.05) is 0 Å². The first-order valence-corrected chi connectivity index (χ1v) is 10.5. The number of carboxylic acid groups (broad SMARTS) is 1. The highest BCUT2D eigenvalue weighted by molar-refractivity contribution is 5.94. The molecule has 1 aliphatic rings. The molecular formula is C20H36N4O6. The highest BCUT2D eigenvalue weighted by Gasteiger charge is 2.33. The van der Waals surface area contributed by atoms with Gasteiger partial charge in [0.1, 0.15) is 12.1 Å². The molecule has 5 atom stereocenters. The van der Waals surface area contributed by atoms with Crippen molar-refractivity contribution in [1.82, 2.24) is 21.3 Å². The van der Waals surface area contributed by atoms with E-state index in [1.807, 2.05) is 13.8 Å². The Morgan fingerprint density at radius 2 is 1.60 bits per heavy atom. The van der Waals surface area contributed by atoms with Crippen molar-refractivity contribution in [3.05, 3.63) is 0 Å². The molecule has 1 aliphatic heterocycles. The molecule has 0 bridgehead atoms. The van der Waals surface area contributed by atoms with Gasteiger partial charge in [-0.2, -0.15) is 0 Å². The highest BCUT2D eigenvalue weighted by atomic mass is 16.4. The number of nitrogens with one attached hydrogen (secondary N) is 4. The van der Waals surface area contributed by atoms with Gasteiger partial charge >= 0.3 is 5.97 Å². The standard InChI is InChI=1S/C20H36N4O6/c1-10(2)9-14(18(27)24-16(12(5)25)20(29)30)22-19(28)15(11(3)4)23-17(26)13-7-6-8-21-13/h10-16,21,25H,6-9H2,1-5H3,(H,22,28)(H,23,26)(H,24,27)(H,29,30). The molecule has 1 saturated heterocycles. The Bertz CT molecular complexity index is 616. The Morgan fingerprint density at radius 3 is 2.03 bits per heavy atom. The third-order valence-electron chi connectivity index (χ3n) is 5.01. The van der Waals surface area contributed by atoms with Gasteiger partial charge in [0.25, 0.3) is 0 Å². The second-order valence-corrected chi connectivity index (χ2v) is 8.64. The summed E-state index contributed by atoms with van der Waals surface area (Å²) in [7, 11) is 0. The number of hydrogen-bond donors (Lipinski definition) is 6. The van der Waals surface area contributed by atoms with Crippen LogP contribution in [0.15, 0.2) is 0 Å². The van der Waals surface area contributed by atoms with E-state index in [1.165, 1.54) is 6.92 Å². The Hall–Kier alpha value is -2.20. The Kier molecular flexibility index (Phi) is 10.2. The van der Waals surface area contributed by atoms with Crippen molar-refractivity contribution in [1.29, 1.82) is 0 Å². The molecule has 30 heavy (non-hydrogen) atoms. The minimum atomic E-state index is -1.49. The van der Waals surface area contributed by atoms with Crippen LogP contribution in [0.2, 0.25) is 0 Å². The van der Waals surface area contributed by atoms with Crippen LogP contribution in [-0.4, -0.2) is 70.7 Å². The summed E-state index contributed by atoms with van der Waals surface area (Å²) in [5.41, 5.74) is 0. The quantitative estimate of drug-likeness (QED) is 0.255. The third kappa shape index (κ3) is 7.91. The van der Waals surface area contributed by atoms with E-state index in [2.05, 4.69) is 21.3 Å². The average molecular weight is 429 g/mol. The van der Waals surface area contributed by atoms with Crippen molar-refractivity contribution in [2.75, 3.05) is 6.54 Å². The summed E-state index contributed by atoms with van der Waals surface area (Å²) >= 11 is 0. The molecule has 172 valence electrons. The number of aliphatic carboxylic acids is 1. The molecule has 1 rings (SSSR count). The van der Waals surface area contributed by atoms with E-state index in [1.54, 1.807) is 13.8 Å². The Labute approximate surface area is 177 Å². The predicted octanol–water partition coefficient (Wildman–Crippen LogP) is -0.640. The van der Waals surface area contributed by atoms with Crippen LogP contribution < -0.4 is 21.3 Å². The van der Waals surface area contributed by atoms with Crippen molar-refractivity contribution in [2.24, 2.45) is 11.8 Å². The molecule has 0 spiro atoms. The van der Waals surface area contributed by atoms with E-state index in [0.717, 1.165) is 13.0 Å². The summed E-state index contributed by atoms with van der Waals surface area (Å²) in [6.45, 7) is 9.32. The second-order valence-electron chi connectivity index (χ2n) is 8.64. The summed E-state index contributed by atoms with van der Waals surface area (Å²) in [5, 5.41) is 29.6. The predicted molar refractivity (Wildman–Crippen MR) is 110 cm³/mol. The van der Waals surface area contributed by atoms with Gasteiger partial charge in [0.05, 0.1) is 12.1 Å². The summed E-state index contributed by atoms with van der Waals surface area (Å²) in [6, 6.07) is -3.66. The van der Waals surface area contributed by atoms with Gasteiger partial charge in [-0.1, -0.05) is 27.7 Å². The van der Waals surface area contributed by atoms with Crippen molar-refractivity contribution < 1.29 is 29.4 Å². The van der Waals surface area contributed by atoms with E-state index in [9.17, 15) is 29.4 Å². The van der Waals surface area contributed by atoms with Crippen molar-refractivity contribution >= 4 is 23.7 Å². The smallest absolute Gasteiger partial charge is 0.328 e. The van der Waals surface area contributed by atoms with E-state index in [-0.39, 0.29) is 30.2 Å². The van der Waals surface area contributed by atoms with E-state index < -0.39 is 42.0 Å². The molecule has 0 aromatic rings. The number of rotatable bonds is 11. The van der Waals surface area contributed by atoms with Gasteiger partial charge < -0.3 is 31.5 Å². The van der Waals surface area contributed by atoms with Gasteiger partial charge in [-0.15, -0.1) is 0 Å². The van der Waals surface area contributed by atoms with Gasteiger partial charge in [-0.05, 0) is 44.6 Å². The van der Waals surface area contributed by atoms with Gasteiger partial charge in [0.2, 0.25) is 17.7 Å². The molecule has 1 fully saturated rings. The first-order chi connectivity index (χ1) is 13.9. The lowest BCUT2D eigenvalue weighted by atomic mass is 9.99. The summed E-state index contributed by atoms with van der Waals surface area (Å²) in [6.07, 6.45) is 0.559. The fraction of sp³-hybridized carbons (Fsp3) is 0.800. The first-order valence-electron chi connectivity index (χ1n) is 10.5. The van der Waals surface area contributed by atoms with Gasteiger partial charge in [-0.3, -0.25) is 14.4 Å². The molecule has 0 aromatic heterocycles. The zero-order valence-electron chi connectivity index (χ0n) is 18.4. The number of aliphatic hydroxyl groups is 1. The number of amides is 3. The Morgan fingerprint density at radius 1 is 0.967 bits per heavy atom. The Balaban J connectivity index is 2.88. The minimum absolute atomic E-state index is 0.0330. The number of aliphatic hydroxyl groups excluding tert-OH is 1. The normalized spacial score (nSPS) is 20.3. The van der Waals surface area contributed by atoms with Gasteiger partial charge in [0.15, 0.2) is 6.04 Å². The number of hydrogen-bond acceptors (Lipinski definition) is 6. The van der Waals surface area contributed by atoms with Crippen LogP contribution in [-0.2, 0) is 19.2 Å². The molecule has 0 aromatic carbocycles. The average Bonchev–Trinajstić information content (AvgIpc) is 3.16. The molecule has 0 saturated carbocycles. The van der Waals surface area contributed by atoms with E-state index in [0.29, 0.717) is 6.42 Å². The largest absolute Gasteiger partial charge is 0.480 e. The molecule has 10 heteroatoms. The van der Waals surface area contributed by atoms with Crippen molar-refractivity contribution in [3.8, 4) is 0 Å². The topological polar surface area (TPSA) is 157 Å². The van der Waals surface area contributed by atoms with Crippen LogP contribution in [0, 0.1) is 11.8 Å². The third-order valence-corrected chi connectivity index (χ3v) is 5.01. The van der Waals surface area contributed by atoms with Crippen molar-refractivity contribution in [2.45, 2.75) is 84.2 Å². The zero-order chi connectivity index (χ0) is 23.0. The molecular weight excluding hydrogens is 392 g/mol. The molecule has 6 N–H and O–H groups in total. The molecule has 5 unspecified atom stereocenters. The summed E-state index contributed by atoms with van der Waals surface area (Å²) < 4.78 is 0. The minimum Gasteiger partial charge on any atom is -0.480 e. The van der Waals surface area contributed by atoms with Crippen LogP contribution in [0.1, 0.15) is 53.9 Å². The summed E-state index contributed by atoms with van der Waals surface area (Å²) in [5.74, 6) is -3.03. The van der Waals surface area contributed by atoms with Crippen LogP contribution in [0.25, 0.3) is 0 Å². The van der Waals surface area contributed by atoms with Crippen LogP contribution in [0.3, 0.4) is 0 Å². The maximum atomic E-state index is 12.9. The molecule has 10 nitrogen and oxygen atoms in total. The lowest BCUT2D eigenvalue weighted by molar-refractivity contribution is -0.145. The fourth-order valence-corrected chi connectivity index (χ4v) is 3.30. The van der Waals surface area contributed by atoms with Crippen LogP contribution >= 0.6 is 0 Å². The lowest BCUT2D eigenvalue weighted by Crippen LogP contribution is -2.59. The molecule has 3 amide bonds. The number of carbonyl (C=O) groups excluding carboxylic acids is 3. The first kappa shape index (κ1) is 25.8. The van der Waals surface area contributed by atoms with Gasteiger partial charge in [-0.25, -0.2) is 4.79 Å². The van der Waals surface area contributed by atoms with E-state index in [4.69, 9.17) is 0 Å². The van der Waals surface area contributed by atoms with Crippen LogP contribution in [0.4, 0.5) is 0 Å². The van der Waals surface area contributed by atoms with Crippen molar-refractivity contribution in [3.63, 3.8) is 0 Å². The van der Waals surface area contributed by atoms with Crippen LogP contribution in [0.5, 0.6) is 0 Å². The van der Waals surface area contributed by atoms with E-state index >= 15 is 0 Å². The SMILES string of the molecule is CC(C)CC(NC(=O)C(NC(=O)C1CCCN1)C(C)C)C(=O)NC(C(=O)O)C(C)O. The maximum absolute atomic E-state index is 12.9. The molecule has 0 radical (unpaired) electrons. The number of carboxylic acids is 1. The second kappa shape index (κ2) is 11.8. The molecule has 0 aliphatic carbocycles. The maximum Gasteiger partial charge on any atom is 0.328 e. The fourth-order valence-electron chi connectivity index (χ4n) is 3.30. The highest BCUT2D eigenvalue weighted by Crippen LogP contribution is 2.10.